The van der Waals surface area contributed by atoms with Gasteiger partial charge in [-0.25, -0.2) is 4.79 Å². The SMILES string of the molecule is C=CCNC(=O)NC(=O)CN1CCCN(Cc2ccc(C#N)cc2)CC1. The molecule has 3 amide bonds. The van der Waals surface area contributed by atoms with Gasteiger partial charge < -0.3 is 5.32 Å². The van der Waals surface area contributed by atoms with Gasteiger partial charge in [0.1, 0.15) is 0 Å². The molecular formula is C19H25N5O2. The van der Waals surface area contributed by atoms with Gasteiger partial charge in [0.2, 0.25) is 5.91 Å². The van der Waals surface area contributed by atoms with E-state index in [0.717, 1.165) is 39.1 Å². The molecule has 1 heterocycles. The number of carbonyl (C=O) groups excluding carboxylic acids is 2. The Morgan fingerprint density at radius 1 is 1.15 bits per heavy atom. The molecule has 1 saturated heterocycles. The van der Waals surface area contributed by atoms with E-state index in [1.54, 1.807) is 6.08 Å². The van der Waals surface area contributed by atoms with Gasteiger partial charge in [0.05, 0.1) is 18.2 Å². The fourth-order valence-corrected chi connectivity index (χ4v) is 2.86. The number of carbonyl (C=O) groups is 2. The summed E-state index contributed by atoms with van der Waals surface area (Å²) in [6.07, 6.45) is 2.52. The number of benzene rings is 1. The van der Waals surface area contributed by atoms with Crippen molar-refractivity contribution in [3.8, 4) is 6.07 Å². The van der Waals surface area contributed by atoms with Crippen molar-refractivity contribution in [1.29, 1.82) is 5.26 Å². The second kappa shape index (κ2) is 10.3. The lowest BCUT2D eigenvalue weighted by Crippen LogP contribution is -2.45. The highest BCUT2D eigenvalue weighted by molar-refractivity contribution is 5.95. The summed E-state index contributed by atoms with van der Waals surface area (Å²) < 4.78 is 0. The van der Waals surface area contributed by atoms with Crippen molar-refractivity contribution < 1.29 is 9.59 Å². The van der Waals surface area contributed by atoms with Crippen molar-refractivity contribution in [3.05, 3.63) is 48.0 Å². The number of imide groups is 1. The van der Waals surface area contributed by atoms with Crippen LogP contribution >= 0.6 is 0 Å². The van der Waals surface area contributed by atoms with Crippen LogP contribution in [0.2, 0.25) is 0 Å². The largest absolute Gasteiger partial charge is 0.334 e. The first-order valence-electron chi connectivity index (χ1n) is 8.73. The lowest BCUT2D eigenvalue weighted by molar-refractivity contribution is -0.121. The molecule has 0 radical (unpaired) electrons. The molecule has 0 unspecified atom stereocenters. The topological polar surface area (TPSA) is 88.5 Å². The molecule has 0 atom stereocenters. The average molecular weight is 355 g/mol. The van der Waals surface area contributed by atoms with Crippen LogP contribution in [0.4, 0.5) is 4.79 Å². The van der Waals surface area contributed by atoms with Crippen LogP contribution in [-0.2, 0) is 11.3 Å². The second-order valence-electron chi connectivity index (χ2n) is 6.26. The normalized spacial score (nSPS) is 15.5. The van der Waals surface area contributed by atoms with Crippen molar-refractivity contribution >= 4 is 11.9 Å². The van der Waals surface area contributed by atoms with Gasteiger partial charge in [0.15, 0.2) is 0 Å². The molecule has 1 aromatic carbocycles. The summed E-state index contributed by atoms with van der Waals surface area (Å²) in [7, 11) is 0. The number of urea groups is 1. The molecule has 0 bridgehead atoms. The fourth-order valence-electron chi connectivity index (χ4n) is 2.86. The van der Waals surface area contributed by atoms with Crippen LogP contribution in [0.25, 0.3) is 0 Å². The van der Waals surface area contributed by atoms with Crippen molar-refractivity contribution in [2.24, 2.45) is 0 Å². The van der Waals surface area contributed by atoms with Crippen molar-refractivity contribution in [3.63, 3.8) is 0 Å². The standard InChI is InChI=1S/C19H25N5O2/c1-2-8-21-19(26)22-18(25)15-24-10-3-9-23(11-12-24)14-17-6-4-16(13-20)5-7-17/h2,4-7H,1,3,8-12,14-15H2,(H2,21,22,25,26). The Labute approximate surface area is 154 Å². The molecule has 0 saturated carbocycles. The maximum Gasteiger partial charge on any atom is 0.321 e. The molecule has 1 aliphatic rings. The number of rotatable bonds is 6. The summed E-state index contributed by atoms with van der Waals surface area (Å²) >= 11 is 0. The Hall–Kier alpha value is -2.69. The van der Waals surface area contributed by atoms with Crippen LogP contribution < -0.4 is 10.6 Å². The molecule has 0 spiro atoms. The highest BCUT2D eigenvalue weighted by Gasteiger charge is 2.18. The van der Waals surface area contributed by atoms with Gasteiger partial charge >= 0.3 is 6.03 Å². The third-order valence-corrected chi connectivity index (χ3v) is 4.20. The van der Waals surface area contributed by atoms with Crippen LogP contribution in [-0.4, -0.2) is 61.0 Å². The van der Waals surface area contributed by atoms with Crippen LogP contribution in [0, 0.1) is 11.3 Å². The number of nitrogens with zero attached hydrogens (tertiary/aromatic N) is 3. The molecule has 2 N–H and O–H groups in total. The lowest BCUT2D eigenvalue weighted by Gasteiger charge is -2.21. The quantitative estimate of drug-likeness (QED) is 0.746. The molecule has 1 fully saturated rings. The minimum absolute atomic E-state index is 0.214. The van der Waals surface area contributed by atoms with Crippen LogP contribution in [0.3, 0.4) is 0 Å². The molecule has 1 aliphatic heterocycles. The summed E-state index contributed by atoms with van der Waals surface area (Å²) in [5, 5.41) is 13.7. The molecule has 1 aromatic rings. The first kappa shape index (κ1) is 19.6. The molecule has 0 aliphatic carbocycles. The first-order chi connectivity index (χ1) is 12.6. The summed E-state index contributed by atoms with van der Waals surface area (Å²) in [6.45, 7) is 8.29. The number of amides is 3. The minimum Gasteiger partial charge on any atom is -0.334 e. The number of hydrogen-bond donors (Lipinski definition) is 2. The second-order valence-corrected chi connectivity index (χ2v) is 6.26. The van der Waals surface area contributed by atoms with E-state index in [0.29, 0.717) is 12.1 Å². The summed E-state index contributed by atoms with van der Waals surface area (Å²) in [5.41, 5.74) is 1.84. The Balaban J connectivity index is 1.76. The maximum absolute atomic E-state index is 12.0. The zero-order valence-corrected chi connectivity index (χ0v) is 14.9. The third-order valence-electron chi connectivity index (χ3n) is 4.20. The van der Waals surface area contributed by atoms with Gasteiger partial charge in [0.25, 0.3) is 0 Å². The Morgan fingerprint density at radius 3 is 2.54 bits per heavy atom. The monoisotopic (exact) mass is 355 g/mol. The van der Waals surface area contributed by atoms with Crippen molar-refractivity contribution in [2.75, 3.05) is 39.3 Å². The van der Waals surface area contributed by atoms with Crippen molar-refractivity contribution in [2.45, 2.75) is 13.0 Å². The minimum atomic E-state index is -0.493. The molecule has 2 rings (SSSR count). The Morgan fingerprint density at radius 2 is 1.85 bits per heavy atom. The Bertz CT molecular complexity index is 666. The van der Waals surface area contributed by atoms with E-state index in [4.69, 9.17) is 5.26 Å². The van der Waals surface area contributed by atoms with E-state index in [1.807, 2.05) is 24.3 Å². The predicted octanol–water partition coefficient (Wildman–Crippen LogP) is 1.08. The highest BCUT2D eigenvalue weighted by Crippen LogP contribution is 2.10. The lowest BCUT2D eigenvalue weighted by atomic mass is 10.1. The van der Waals surface area contributed by atoms with Gasteiger partial charge in [-0.3, -0.25) is 19.9 Å². The van der Waals surface area contributed by atoms with E-state index in [2.05, 4.69) is 33.1 Å². The summed E-state index contributed by atoms with van der Waals surface area (Å²) in [5.74, 6) is -0.299. The molecule has 7 heteroatoms. The van der Waals surface area contributed by atoms with Gasteiger partial charge in [-0.15, -0.1) is 6.58 Å². The molecular weight excluding hydrogens is 330 g/mol. The van der Waals surface area contributed by atoms with Crippen LogP contribution in [0.1, 0.15) is 17.5 Å². The number of hydrogen-bond acceptors (Lipinski definition) is 5. The van der Waals surface area contributed by atoms with Gasteiger partial charge in [-0.05, 0) is 37.2 Å². The highest BCUT2D eigenvalue weighted by atomic mass is 16.2. The number of nitriles is 1. The van der Waals surface area contributed by atoms with E-state index in [1.165, 1.54) is 5.56 Å². The maximum atomic E-state index is 12.0. The number of nitrogens with one attached hydrogen (secondary N) is 2. The molecule has 0 aromatic heterocycles. The zero-order valence-electron chi connectivity index (χ0n) is 14.9. The predicted molar refractivity (Wildman–Crippen MR) is 99.2 cm³/mol. The summed E-state index contributed by atoms with van der Waals surface area (Å²) in [6, 6.07) is 9.27. The van der Waals surface area contributed by atoms with Gasteiger partial charge in [-0.1, -0.05) is 18.2 Å². The zero-order chi connectivity index (χ0) is 18.8. The van der Waals surface area contributed by atoms with E-state index in [9.17, 15) is 9.59 Å². The molecule has 7 nitrogen and oxygen atoms in total. The first-order valence-corrected chi connectivity index (χ1v) is 8.73. The average Bonchev–Trinajstić information content (AvgIpc) is 2.85. The third kappa shape index (κ3) is 6.67. The Kier molecular flexibility index (Phi) is 7.80. The van der Waals surface area contributed by atoms with Gasteiger partial charge in [-0.2, -0.15) is 5.26 Å². The van der Waals surface area contributed by atoms with E-state index in [-0.39, 0.29) is 12.5 Å². The van der Waals surface area contributed by atoms with Crippen LogP contribution in [0.5, 0.6) is 0 Å². The van der Waals surface area contributed by atoms with Gasteiger partial charge in [0, 0.05) is 26.2 Å². The summed E-state index contributed by atoms with van der Waals surface area (Å²) in [4.78, 5) is 27.8. The van der Waals surface area contributed by atoms with E-state index < -0.39 is 6.03 Å². The smallest absolute Gasteiger partial charge is 0.321 e. The van der Waals surface area contributed by atoms with Crippen molar-refractivity contribution in [1.82, 2.24) is 20.4 Å². The fraction of sp³-hybridized carbons (Fsp3) is 0.421. The molecule has 138 valence electrons. The van der Waals surface area contributed by atoms with Crippen LogP contribution in [0.15, 0.2) is 36.9 Å². The molecule has 26 heavy (non-hydrogen) atoms. The van der Waals surface area contributed by atoms with E-state index >= 15 is 0 Å².